The van der Waals surface area contributed by atoms with E-state index in [-0.39, 0.29) is 5.91 Å². The molecule has 0 bridgehead atoms. The molecule has 0 aromatic rings. The Morgan fingerprint density at radius 3 is 2.86 bits per heavy atom. The fourth-order valence-corrected chi connectivity index (χ4v) is 3.28. The number of hydrogen-bond acceptors (Lipinski definition) is 3. The molecule has 1 fully saturated rings. The zero-order valence-electron chi connectivity index (χ0n) is 8.79. The summed E-state index contributed by atoms with van der Waals surface area (Å²) < 4.78 is 0. The van der Waals surface area contributed by atoms with Crippen molar-refractivity contribution in [3.05, 3.63) is 0 Å². The highest BCUT2D eigenvalue weighted by Crippen LogP contribution is 2.35. The van der Waals surface area contributed by atoms with Crippen LogP contribution in [-0.4, -0.2) is 22.4 Å². The van der Waals surface area contributed by atoms with Crippen LogP contribution in [0.25, 0.3) is 0 Å². The Balaban J connectivity index is 2.30. The van der Waals surface area contributed by atoms with Gasteiger partial charge in [-0.25, -0.2) is 0 Å². The summed E-state index contributed by atoms with van der Waals surface area (Å²) in [6.07, 6.45) is 5.02. The predicted octanol–water partition coefficient (Wildman–Crippen LogP) is 1.26. The van der Waals surface area contributed by atoms with Crippen molar-refractivity contribution in [1.29, 1.82) is 0 Å². The van der Waals surface area contributed by atoms with Crippen molar-refractivity contribution in [3.63, 3.8) is 0 Å². The number of carbonyl (C=O) groups is 1. The highest BCUT2D eigenvalue weighted by molar-refractivity contribution is 7.99. The van der Waals surface area contributed by atoms with E-state index in [2.05, 4.69) is 6.92 Å². The van der Waals surface area contributed by atoms with E-state index < -0.39 is 5.54 Å². The van der Waals surface area contributed by atoms with Crippen LogP contribution >= 0.6 is 11.8 Å². The van der Waals surface area contributed by atoms with E-state index in [4.69, 9.17) is 11.5 Å². The van der Waals surface area contributed by atoms with Crippen LogP contribution in [0.2, 0.25) is 0 Å². The average molecular weight is 216 g/mol. The lowest BCUT2D eigenvalue weighted by atomic mass is 9.99. The Hall–Kier alpha value is -0.220. The van der Waals surface area contributed by atoms with E-state index in [1.54, 1.807) is 0 Å². The number of carbonyl (C=O) groups excluding carboxylic acids is 1. The molecule has 2 atom stereocenters. The fraction of sp³-hybridized carbons (Fsp3) is 0.900. The van der Waals surface area contributed by atoms with Gasteiger partial charge in [0.25, 0.3) is 0 Å². The lowest BCUT2D eigenvalue weighted by Crippen LogP contribution is -2.50. The molecule has 1 rings (SSSR count). The SMILES string of the molecule is CCCCSC1CCC(N)(C(N)=O)C1. The number of rotatable bonds is 5. The van der Waals surface area contributed by atoms with Gasteiger partial charge < -0.3 is 11.5 Å². The van der Waals surface area contributed by atoms with Gasteiger partial charge in [-0.3, -0.25) is 4.79 Å². The zero-order chi connectivity index (χ0) is 10.6. The molecule has 0 aromatic carbocycles. The van der Waals surface area contributed by atoms with Gasteiger partial charge in [-0.2, -0.15) is 11.8 Å². The molecular weight excluding hydrogens is 196 g/mol. The van der Waals surface area contributed by atoms with E-state index in [0.29, 0.717) is 5.25 Å². The molecule has 1 aliphatic carbocycles. The lowest BCUT2D eigenvalue weighted by Gasteiger charge is -2.19. The first-order chi connectivity index (χ1) is 6.58. The first-order valence-electron chi connectivity index (χ1n) is 5.29. The minimum Gasteiger partial charge on any atom is -0.368 e. The molecule has 1 saturated carbocycles. The molecule has 4 heteroatoms. The van der Waals surface area contributed by atoms with Crippen molar-refractivity contribution in [2.24, 2.45) is 11.5 Å². The average Bonchev–Trinajstić information content (AvgIpc) is 2.50. The Bertz CT molecular complexity index is 210. The summed E-state index contributed by atoms with van der Waals surface area (Å²) >= 11 is 1.94. The molecule has 0 heterocycles. The molecule has 4 N–H and O–H groups in total. The van der Waals surface area contributed by atoms with E-state index in [0.717, 1.165) is 19.3 Å². The summed E-state index contributed by atoms with van der Waals surface area (Å²) in [5.41, 5.74) is 10.5. The van der Waals surface area contributed by atoms with Crippen molar-refractivity contribution < 1.29 is 4.79 Å². The molecule has 0 aliphatic heterocycles. The fourth-order valence-electron chi connectivity index (χ4n) is 1.79. The molecule has 14 heavy (non-hydrogen) atoms. The van der Waals surface area contributed by atoms with E-state index in [9.17, 15) is 4.79 Å². The van der Waals surface area contributed by atoms with Crippen molar-refractivity contribution >= 4 is 17.7 Å². The van der Waals surface area contributed by atoms with Gasteiger partial charge in [-0.15, -0.1) is 0 Å². The third-order valence-electron chi connectivity index (χ3n) is 2.85. The summed E-state index contributed by atoms with van der Waals surface area (Å²) in [4.78, 5) is 11.1. The Morgan fingerprint density at radius 1 is 1.64 bits per heavy atom. The molecule has 0 radical (unpaired) electrons. The van der Waals surface area contributed by atoms with Gasteiger partial charge in [0.05, 0.1) is 5.54 Å². The summed E-state index contributed by atoms with van der Waals surface area (Å²) in [6, 6.07) is 0. The smallest absolute Gasteiger partial charge is 0.237 e. The first kappa shape index (κ1) is 11.9. The van der Waals surface area contributed by atoms with E-state index >= 15 is 0 Å². The number of nitrogens with two attached hydrogens (primary N) is 2. The summed E-state index contributed by atoms with van der Waals surface area (Å²) in [6.45, 7) is 2.19. The highest BCUT2D eigenvalue weighted by atomic mass is 32.2. The number of primary amides is 1. The topological polar surface area (TPSA) is 69.1 Å². The summed E-state index contributed by atoms with van der Waals surface area (Å²) in [5, 5.41) is 0.541. The third kappa shape index (κ3) is 2.89. The van der Waals surface area contributed by atoms with Crippen LogP contribution in [0.4, 0.5) is 0 Å². The minimum absolute atomic E-state index is 0.337. The number of hydrogen-bond donors (Lipinski definition) is 2. The zero-order valence-corrected chi connectivity index (χ0v) is 9.61. The lowest BCUT2D eigenvalue weighted by molar-refractivity contribution is -0.122. The number of thioether (sulfide) groups is 1. The molecule has 82 valence electrons. The maximum Gasteiger partial charge on any atom is 0.237 e. The first-order valence-corrected chi connectivity index (χ1v) is 6.34. The Kier molecular flexibility index (Phi) is 4.26. The van der Waals surface area contributed by atoms with Crippen molar-refractivity contribution in [1.82, 2.24) is 0 Å². The third-order valence-corrected chi connectivity index (χ3v) is 4.24. The second kappa shape index (κ2) is 5.03. The molecule has 2 unspecified atom stereocenters. The van der Waals surface area contributed by atoms with Crippen molar-refractivity contribution in [2.45, 2.75) is 49.8 Å². The van der Waals surface area contributed by atoms with Crippen LogP contribution in [0.5, 0.6) is 0 Å². The van der Waals surface area contributed by atoms with Crippen molar-refractivity contribution in [2.75, 3.05) is 5.75 Å². The number of amides is 1. The molecule has 3 nitrogen and oxygen atoms in total. The maximum atomic E-state index is 11.1. The minimum atomic E-state index is -0.718. The van der Waals surface area contributed by atoms with Crippen LogP contribution in [-0.2, 0) is 4.79 Å². The second-order valence-corrected chi connectivity index (χ2v) is 5.52. The largest absolute Gasteiger partial charge is 0.368 e. The van der Waals surface area contributed by atoms with Gasteiger partial charge in [-0.05, 0) is 31.4 Å². The van der Waals surface area contributed by atoms with Gasteiger partial charge in [0, 0.05) is 5.25 Å². The van der Waals surface area contributed by atoms with Crippen LogP contribution in [0.1, 0.15) is 39.0 Å². The summed E-state index contributed by atoms with van der Waals surface area (Å²) in [7, 11) is 0. The second-order valence-electron chi connectivity index (χ2n) is 4.11. The van der Waals surface area contributed by atoms with Crippen LogP contribution in [0.3, 0.4) is 0 Å². The standard InChI is InChI=1S/C10H20N2OS/c1-2-3-6-14-8-4-5-10(12,7-8)9(11)13/h8H,2-7,12H2,1H3,(H2,11,13). The van der Waals surface area contributed by atoms with Gasteiger partial charge >= 0.3 is 0 Å². The maximum absolute atomic E-state index is 11.1. The predicted molar refractivity (Wildman–Crippen MR) is 61.1 cm³/mol. The molecule has 0 saturated heterocycles. The van der Waals surface area contributed by atoms with Gasteiger partial charge in [-0.1, -0.05) is 13.3 Å². The Morgan fingerprint density at radius 2 is 2.36 bits per heavy atom. The van der Waals surface area contributed by atoms with Crippen LogP contribution in [0.15, 0.2) is 0 Å². The molecule has 1 amide bonds. The monoisotopic (exact) mass is 216 g/mol. The van der Waals surface area contributed by atoms with E-state index in [1.165, 1.54) is 18.6 Å². The highest BCUT2D eigenvalue weighted by Gasteiger charge is 2.40. The Labute approximate surface area is 90.0 Å². The van der Waals surface area contributed by atoms with Gasteiger partial charge in [0.2, 0.25) is 5.91 Å². The molecular formula is C10H20N2OS. The molecule has 0 aromatic heterocycles. The van der Waals surface area contributed by atoms with Crippen LogP contribution in [0, 0.1) is 0 Å². The number of unbranched alkanes of at least 4 members (excludes halogenated alkanes) is 1. The quantitative estimate of drug-likeness (QED) is 0.680. The van der Waals surface area contributed by atoms with Crippen LogP contribution < -0.4 is 11.5 Å². The molecule has 1 aliphatic rings. The van der Waals surface area contributed by atoms with Gasteiger partial charge in [0.15, 0.2) is 0 Å². The van der Waals surface area contributed by atoms with Gasteiger partial charge in [0.1, 0.15) is 0 Å². The molecule has 0 spiro atoms. The normalized spacial score (nSPS) is 32.0. The van der Waals surface area contributed by atoms with E-state index in [1.807, 2.05) is 11.8 Å². The summed E-state index contributed by atoms with van der Waals surface area (Å²) in [5.74, 6) is 0.840. The van der Waals surface area contributed by atoms with Crippen molar-refractivity contribution in [3.8, 4) is 0 Å².